The highest BCUT2D eigenvalue weighted by Crippen LogP contribution is 2.44. The second-order valence-electron chi connectivity index (χ2n) is 9.39. The van der Waals surface area contributed by atoms with E-state index in [1.54, 1.807) is 32.5 Å². The number of aromatic nitrogens is 1. The summed E-state index contributed by atoms with van der Waals surface area (Å²) in [7, 11) is 3.40. The number of hydrogen-bond acceptors (Lipinski definition) is 4. The minimum atomic E-state index is -0.206. The van der Waals surface area contributed by atoms with Gasteiger partial charge in [-0.2, -0.15) is 0 Å². The molecule has 0 radical (unpaired) electrons. The first-order valence-corrected chi connectivity index (χ1v) is 11.4. The van der Waals surface area contributed by atoms with Gasteiger partial charge in [0.05, 0.1) is 7.11 Å². The molecule has 3 fully saturated rings. The number of likely N-dealkylation sites (tertiary alicyclic amines) is 1. The summed E-state index contributed by atoms with van der Waals surface area (Å²) >= 11 is 0. The molecule has 4 atom stereocenters. The van der Waals surface area contributed by atoms with Crippen molar-refractivity contribution in [2.24, 2.45) is 18.9 Å². The molecule has 2 bridgehead atoms. The molecule has 164 valence electrons. The lowest BCUT2D eigenvalue weighted by Crippen LogP contribution is -2.60. The first-order valence-electron chi connectivity index (χ1n) is 11.4. The Hall–Kier alpha value is -2.60. The van der Waals surface area contributed by atoms with E-state index in [0.29, 0.717) is 29.5 Å². The van der Waals surface area contributed by atoms with Gasteiger partial charge in [0.15, 0.2) is 0 Å². The summed E-state index contributed by atoms with van der Waals surface area (Å²) in [5.41, 5.74) is 1.45. The molecule has 1 aromatic carbocycles. The largest absolute Gasteiger partial charge is 0.497 e. The first kappa shape index (κ1) is 20.3. The fourth-order valence-electron chi connectivity index (χ4n) is 6.09. The predicted molar refractivity (Wildman–Crippen MR) is 119 cm³/mol. The molecule has 2 aromatic rings. The third kappa shape index (κ3) is 3.67. The lowest BCUT2D eigenvalue weighted by atomic mass is 9.74. The second kappa shape index (κ2) is 8.15. The van der Waals surface area contributed by atoms with Gasteiger partial charge >= 0.3 is 0 Å². The van der Waals surface area contributed by atoms with Crippen LogP contribution in [0.4, 0.5) is 0 Å². The van der Waals surface area contributed by atoms with Crippen LogP contribution in [0.5, 0.6) is 5.75 Å². The quantitative estimate of drug-likeness (QED) is 0.764. The van der Waals surface area contributed by atoms with Crippen LogP contribution in [0.2, 0.25) is 0 Å². The molecule has 3 aliphatic heterocycles. The van der Waals surface area contributed by atoms with Gasteiger partial charge in [0.2, 0.25) is 0 Å². The SMILES string of the molecule is COc1ccc([C@H]2CCC[C@H]3[C@@H]4C[C@@H](CN(C(=O)c5cccn(C)c5=O)C4)CN23)cc1. The highest BCUT2D eigenvalue weighted by molar-refractivity contribution is 5.94. The maximum atomic E-state index is 13.2. The van der Waals surface area contributed by atoms with Gasteiger partial charge in [-0.05, 0) is 67.3 Å². The van der Waals surface area contributed by atoms with E-state index < -0.39 is 0 Å². The van der Waals surface area contributed by atoms with E-state index in [1.807, 2.05) is 4.90 Å². The smallest absolute Gasteiger partial charge is 0.263 e. The Balaban J connectivity index is 1.36. The van der Waals surface area contributed by atoms with Crippen LogP contribution >= 0.6 is 0 Å². The highest BCUT2D eigenvalue weighted by atomic mass is 16.5. The van der Waals surface area contributed by atoms with Crippen molar-refractivity contribution in [2.75, 3.05) is 26.7 Å². The lowest BCUT2D eigenvalue weighted by molar-refractivity contribution is -0.0512. The number of methoxy groups -OCH3 is 1. The summed E-state index contributed by atoms with van der Waals surface area (Å²) < 4.78 is 6.82. The number of hydrogen-bond donors (Lipinski definition) is 0. The summed E-state index contributed by atoms with van der Waals surface area (Å²) in [6.07, 6.45) is 6.48. The van der Waals surface area contributed by atoms with Crippen LogP contribution in [0, 0.1) is 11.8 Å². The van der Waals surface area contributed by atoms with Gasteiger partial charge in [0, 0.05) is 45.0 Å². The second-order valence-corrected chi connectivity index (χ2v) is 9.39. The Morgan fingerprint density at radius 3 is 2.65 bits per heavy atom. The van der Waals surface area contributed by atoms with Gasteiger partial charge in [0.1, 0.15) is 11.3 Å². The zero-order valence-electron chi connectivity index (χ0n) is 18.4. The molecule has 0 aliphatic carbocycles. The maximum Gasteiger partial charge on any atom is 0.263 e. The number of fused-ring (bicyclic) bond motifs is 4. The van der Waals surface area contributed by atoms with Crippen LogP contribution in [-0.4, -0.2) is 53.1 Å². The molecule has 31 heavy (non-hydrogen) atoms. The van der Waals surface area contributed by atoms with Gasteiger partial charge in [-0.25, -0.2) is 0 Å². The number of piperidine rings is 3. The summed E-state index contributed by atoms with van der Waals surface area (Å²) in [5, 5.41) is 0. The van der Waals surface area contributed by atoms with E-state index in [0.717, 1.165) is 25.4 Å². The number of pyridine rings is 1. The summed E-state index contributed by atoms with van der Waals surface area (Å²) in [6.45, 7) is 2.52. The van der Waals surface area contributed by atoms with Crippen molar-refractivity contribution in [3.8, 4) is 5.75 Å². The van der Waals surface area contributed by atoms with Crippen LogP contribution in [-0.2, 0) is 7.05 Å². The van der Waals surface area contributed by atoms with Crippen LogP contribution in [0.15, 0.2) is 47.4 Å². The van der Waals surface area contributed by atoms with Crippen molar-refractivity contribution in [2.45, 2.75) is 37.8 Å². The van der Waals surface area contributed by atoms with E-state index >= 15 is 0 Å². The number of aryl methyl sites for hydroxylation is 1. The molecule has 1 aromatic heterocycles. The topological polar surface area (TPSA) is 54.8 Å². The van der Waals surface area contributed by atoms with Crippen molar-refractivity contribution < 1.29 is 9.53 Å². The number of carbonyl (C=O) groups is 1. The molecule has 1 amide bonds. The molecule has 0 spiro atoms. The Morgan fingerprint density at radius 1 is 1.06 bits per heavy atom. The molecule has 0 N–H and O–H groups in total. The predicted octanol–water partition coefficient (Wildman–Crippen LogP) is 3.08. The lowest BCUT2D eigenvalue weighted by Gasteiger charge is -2.55. The van der Waals surface area contributed by atoms with E-state index in [-0.39, 0.29) is 11.5 Å². The van der Waals surface area contributed by atoms with Crippen molar-refractivity contribution in [3.05, 3.63) is 64.1 Å². The normalized spacial score (nSPS) is 28.1. The Bertz CT molecular complexity index is 1020. The van der Waals surface area contributed by atoms with Crippen LogP contribution < -0.4 is 10.3 Å². The van der Waals surface area contributed by atoms with Crippen LogP contribution in [0.25, 0.3) is 0 Å². The van der Waals surface area contributed by atoms with E-state index in [1.165, 1.54) is 35.8 Å². The first-order chi connectivity index (χ1) is 15.0. The molecule has 3 saturated heterocycles. The Labute approximate surface area is 183 Å². The van der Waals surface area contributed by atoms with Crippen molar-refractivity contribution >= 4 is 5.91 Å². The minimum absolute atomic E-state index is 0.105. The summed E-state index contributed by atoms with van der Waals surface area (Å²) in [5.74, 6) is 1.73. The third-order valence-electron chi connectivity index (χ3n) is 7.53. The van der Waals surface area contributed by atoms with E-state index in [4.69, 9.17) is 4.74 Å². The Morgan fingerprint density at radius 2 is 1.87 bits per heavy atom. The molecule has 0 unspecified atom stereocenters. The number of rotatable bonds is 3. The molecule has 0 saturated carbocycles. The molecular weight excluding hydrogens is 390 g/mol. The van der Waals surface area contributed by atoms with Crippen molar-refractivity contribution in [1.29, 1.82) is 0 Å². The molecule has 6 heteroatoms. The van der Waals surface area contributed by atoms with E-state index in [2.05, 4.69) is 29.2 Å². The van der Waals surface area contributed by atoms with Gasteiger partial charge in [-0.15, -0.1) is 0 Å². The van der Waals surface area contributed by atoms with Gasteiger partial charge in [0.25, 0.3) is 11.5 Å². The average molecular weight is 422 g/mol. The van der Waals surface area contributed by atoms with Crippen LogP contribution in [0.3, 0.4) is 0 Å². The molecular formula is C25H31N3O3. The molecule has 4 heterocycles. The third-order valence-corrected chi connectivity index (χ3v) is 7.53. The monoisotopic (exact) mass is 421 g/mol. The van der Waals surface area contributed by atoms with Crippen molar-refractivity contribution in [1.82, 2.24) is 14.4 Å². The molecule has 6 nitrogen and oxygen atoms in total. The minimum Gasteiger partial charge on any atom is -0.497 e. The van der Waals surface area contributed by atoms with Gasteiger partial charge in [-0.3, -0.25) is 14.5 Å². The summed E-state index contributed by atoms with van der Waals surface area (Å²) in [4.78, 5) is 30.3. The van der Waals surface area contributed by atoms with Crippen LogP contribution in [0.1, 0.15) is 47.6 Å². The summed E-state index contributed by atoms with van der Waals surface area (Å²) in [6, 6.07) is 12.9. The zero-order valence-corrected chi connectivity index (χ0v) is 18.4. The molecule has 5 rings (SSSR count). The fourth-order valence-corrected chi connectivity index (χ4v) is 6.09. The van der Waals surface area contributed by atoms with Gasteiger partial charge < -0.3 is 14.2 Å². The number of amides is 1. The maximum absolute atomic E-state index is 13.2. The standard InChI is InChI=1S/C25H31N3O3/c1-26-12-4-5-21(24(26)29)25(30)27-14-17-13-19(16-27)23-7-3-6-22(28(23)15-17)18-8-10-20(31-2)11-9-18/h4-5,8-12,17,19,22-23H,3,6-7,13-16H2,1-2H3/t17-,19+,22+,23-/m0/s1. The Kier molecular flexibility index (Phi) is 5.34. The highest BCUT2D eigenvalue weighted by Gasteiger charge is 2.46. The number of benzene rings is 1. The number of ether oxygens (including phenoxy) is 1. The van der Waals surface area contributed by atoms with Gasteiger partial charge in [-0.1, -0.05) is 12.1 Å². The number of nitrogens with zero attached hydrogens (tertiary/aromatic N) is 3. The number of carbonyl (C=O) groups excluding carboxylic acids is 1. The van der Waals surface area contributed by atoms with E-state index in [9.17, 15) is 9.59 Å². The fraction of sp³-hybridized carbons (Fsp3) is 0.520. The zero-order chi connectivity index (χ0) is 21.5. The average Bonchev–Trinajstić information content (AvgIpc) is 2.80. The molecule has 3 aliphatic rings. The van der Waals surface area contributed by atoms with Crippen molar-refractivity contribution in [3.63, 3.8) is 0 Å².